The highest BCUT2D eigenvalue weighted by atomic mass is 19.4. The first kappa shape index (κ1) is 32.3. The van der Waals surface area contributed by atoms with Crippen molar-refractivity contribution in [2.24, 2.45) is 0 Å². The zero-order valence-corrected chi connectivity index (χ0v) is 24.4. The molecule has 2 aromatic carbocycles. The van der Waals surface area contributed by atoms with Gasteiger partial charge in [-0.25, -0.2) is 9.48 Å². The summed E-state index contributed by atoms with van der Waals surface area (Å²) in [6.07, 6.45) is -0.556. The number of nitrogens with zero attached hydrogens (tertiary/aromatic N) is 5. The van der Waals surface area contributed by atoms with Crippen LogP contribution in [0.3, 0.4) is 0 Å². The molecule has 242 valence electrons. The summed E-state index contributed by atoms with van der Waals surface area (Å²) in [6, 6.07) is 12.7. The number of aliphatic carboxylic acids is 1. The van der Waals surface area contributed by atoms with Gasteiger partial charge in [0.2, 0.25) is 11.8 Å². The van der Waals surface area contributed by atoms with Gasteiger partial charge in [-0.05, 0) is 67.2 Å². The lowest BCUT2D eigenvalue weighted by molar-refractivity contribution is -0.192. The van der Waals surface area contributed by atoms with Crippen molar-refractivity contribution in [2.75, 3.05) is 13.1 Å². The van der Waals surface area contributed by atoms with E-state index in [2.05, 4.69) is 31.9 Å². The van der Waals surface area contributed by atoms with E-state index in [0.29, 0.717) is 24.2 Å². The minimum atomic E-state index is -5.08. The van der Waals surface area contributed by atoms with Gasteiger partial charge in [-0.15, -0.1) is 5.10 Å². The molecule has 4 heterocycles. The van der Waals surface area contributed by atoms with Gasteiger partial charge in [0.25, 0.3) is 11.8 Å². The second-order valence-corrected chi connectivity index (χ2v) is 11.0. The molecule has 0 radical (unpaired) electrons. The van der Waals surface area contributed by atoms with E-state index in [1.165, 1.54) is 28.0 Å². The smallest absolute Gasteiger partial charge is 0.475 e. The van der Waals surface area contributed by atoms with Crippen LogP contribution in [0.15, 0.2) is 48.7 Å². The number of carbonyl (C=O) groups is 5. The average Bonchev–Trinajstić information content (AvgIpc) is 3.78. The van der Waals surface area contributed by atoms with Crippen LogP contribution >= 0.6 is 0 Å². The largest absolute Gasteiger partial charge is 0.490 e. The number of alkyl halides is 3. The van der Waals surface area contributed by atoms with Gasteiger partial charge < -0.3 is 15.3 Å². The maximum Gasteiger partial charge on any atom is 0.490 e. The highest BCUT2D eigenvalue weighted by Crippen LogP contribution is 2.29. The quantitative estimate of drug-likeness (QED) is 0.328. The lowest BCUT2D eigenvalue weighted by Gasteiger charge is -2.29. The van der Waals surface area contributed by atoms with Gasteiger partial charge in [-0.3, -0.25) is 29.4 Å². The van der Waals surface area contributed by atoms with Crippen LogP contribution in [0.2, 0.25) is 0 Å². The number of hydrogen-bond acceptors (Lipinski definition) is 8. The number of halogens is 3. The van der Waals surface area contributed by atoms with Crippen LogP contribution in [-0.2, 0) is 34.0 Å². The molecule has 6 rings (SSSR count). The molecule has 0 spiro atoms. The number of amides is 4. The van der Waals surface area contributed by atoms with E-state index in [1.807, 2.05) is 24.3 Å². The number of likely N-dealkylation sites (tertiary alicyclic amines) is 1. The number of rotatable bonds is 7. The van der Waals surface area contributed by atoms with E-state index in [0.717, 1.165) is 30.8 Å². The Hall–Kier alpha value is -5.12. The number of aromatic nitrogens is 3. The summed E-state index contributed by atoms with van der Waals surface area (Å²) in [5, 5.41) is 20.6. The molecule has 3 aliphatic heterocycles. The zero-order valence-electron chi connectivity index (χ0n) is 24.4. The molecule has 4 amide bonds. The van der Waals surface area contributed by atoms with Crippen LogP contribution in [0.25, 0.3) is 5.69 Å². The van der Waals surface area contributed by atoms with Crippen LogP contribution in [-0.4, -0.2) is 84.8 Å². The Balaban J connectivity index is 0.000000537. The topological polar surface area (TPSA) is 167 Å². The van der Waals surface area contributed by atoms with Crippen molar-refractivity contribution < 1.29 is 42.3 Å². The van der Waals surface area contributed by atoms with Gasteiger partial charge >= 0.3 is 12.1 Å². The zero-order chi connectivity index (χ0) is 33.0. The molecule has 2 fully saturated rings. The molecule has 1 unspecified atom stereocenters. The molecular weight excluding hydrogens is 611 g/mol. The van der Waals surface area contributed by atoms with Crippen molar-refractivity contribution in [2.45, 2.75) is 57.5 Å². The molecule has 3 aromatic rings. The second-order valence-electron chi connectivity index (χ2n) is 11.0. The first-order chi connectivity index (χ1) is 21.9. The number of hydrogen-bond donors (Lipinski definition) is 3. The summed E-state index contributed by atoms with van der Waals surface area (Å²) >= 11 is 0. The molecule has 13 nitrogen and oxygen atoms in total. The first-order valence-corrected chi connectivity index (χ1v) is 14.5. The average molecular weight is 642 g/mol. The molecule has 0 saturated carbocycles. The monoisotopic (exact) mass is 641 g/mol. The van der Waals surface area contributed by atoms with Crippen LogP contribution in [0.4, 0.5) is 13.2 Å². The molecule has 3 aliphatic rings. The Bertz CT molecular complexity index is 1670. The van der Waals surface area contributed by atoms with Crippen LogP contribution in [0.5, 0.6) is 0 Å². The van der Waals surface area contributed by atoms with Crippen LogP contribution in [0.1, 0.15) is 63.2 Å². The van der Waals surface area contributed by atoms with Crippen molar-refractivity contribution in [1.29, 1.82) is 0 Å². The highest BCUT2D eigenvalue weighted by molar-refractivity contribution is 6.05. The Morgan fingerprint density at radius 2 is 1.74 bits per heavy atom. The van der Waals surface area contributed by atoms with Gasteiger partial charge in [0.1, 0.15) is 6.04 Å². The molecule has 2 saturated heterocycles. The summed E-state index contributed by atoms with van der Waals surface area (Å²) < 4.78 is 33.2. The first-order valence-electron chi connectivity index (χ1n) is 14.5. The number of carboxylic acids is 1. The Labute approximate surface area is 260 Å². The van der Waals surface area contributed by atoms with Gasteiger partial charge in [0.15, 0.2) is 5.69 Å². The molecule has 0 bridgehead atoms. The van der Waals surface area contributed by atoms with E-state index in [9.17, 15) is 32.3 Å². The third-order valence-corrected chi connectivity index (χ3v) is 7.89. The number of carbonyl (C=O) groups excluding carboxylic acids is 4. The lowest BCUT2D eigenvalue weighted by atomic mass is 10.0. The number of nitrogens with one attached hydrogen (secondary N) is 2. The van der Waals surface area contributed by atoms with Crippen LogP contribution < -0.4 is 10.6 Å². The summed E-state index contributed by atoms with van der Waals surface area (Å²) in [4.78, 5) is 62.4. The fourth-order valence-electron chi connectivity index (χ4n) is 5.53. The summed E-state index contributed by atoms with van der Waals surface area (Å²) in [5.74, 6) is -4.09. The number of fused-ring (bicyclic) bond motifs is 1. The molecular formula is C30H30F3N7O6. The molecule has 3 N–H and O–H groups in total. The SMILES string of the molecule is O=C(O)C(F)(F)F.O=C1CCC(N2Cc3cc(-n4cc(C(=O)NCc5ccccc5CN5CCCC5)nn4)ccc3C2=O)C(=O)N1. The second kappa shape index (κ2) is 13.5. The van der Waals surface area contributed by atoms with Crippen LogP contribution in [0, 0.1) is 0 Å². The maximum atomic E-state index is 12.9. The Morgan fingerprint density at radius 3 is 2.41 bits per heavy atom. The Morgan fingerprint density at radius 1 is 1.04 bits per heavy atom. The number of carboxylic acid groups (broad SMARTS) is 1. The normalized spacial score (nSPS) is 18.1. The lowest BCUT2D eigenvalue weighted by Crippen LogP contribution is -2.52. The molecule has 1 aromatic heterocycles. The predicted molar refractivity (Wildman–Crippen MR) is 153 cm³/mol. The van der Waals surface area contributed by atoms with Gasteiger partial charge in [0, 0.05) is 31.6 Å². The summed E-state index contributed by atoms with van der Waals surface area (Å²) in [6.45, 7) is 3.75. The molecule has 1 atom stereocenters. The molecule has 16 heteroatoms. The van der Waals surface area contributed by atoms with E-state index >= 15 is 0 Å². The minimum absolute atomic E-state index is 0.189. The Kier molecular flexibility index (Phi) is 9.46. The molecule has 46 heavy (non-hydrogen) atoms. The van der Waals surface area contributed by atoms with Gasteiger partial charge in [-0.2, -0.15) is 13.2 Å². The standard InChI is InChI=1S/C28H29N7O4.C2HF3O2/c36-25-10-9-24(27(38)30-25)34-16-20-13-21(7-8-22(20)28(34)39)35-17-23(31-32-35)26(37)29-14-18-5-1-2-6-19(18)15-33-11-3-4-12-33;3-2(4,5)1(6)7/h1-2,5-8,13,17,24H,3-4,9-12,14-16H2,(H,29,37)(H,30,36,38);(H,6,7). The van der Waals surface area contributed by atoms with Crippen molar-refractivity contribution in [3.63, 3.8) is 0 Å². The fourth-order valence-corrected chi connectivity index (χ4v) is 5.53. The summed E-state index contributed by atoms with van der Waals surface area (Å²) in [5.41, 5.74) is 4.38. The number of piperidine rings is 1. The van der Waals surface area contributed by atoms with E-state index in [4.69, 9.17) is 9.90 Å². The van der Waals surface area contributed by atoms with E-state index in [1.54, 1.807) is 18.3 Å². The van der Waals surface area contributed by atoms with Gasteiger partial charge in [-0.1, -0.05) is 29.5 Å². The third-order valence-electron chi connectivity index (χ3n) is 7.89. The van der Waals surface area contributed by atoms with E-state index in [-0.39, 0.29) is 36.4 Å². The minimum Gasteiger partial charge on any atom is -0.475 e. The van der Waals surface area contributed by atoms with E-state index < -0.39 is 24.1 Å². The van der Waals surface area contributed by atoms with Crippen molar-refractivity contribution in [1.82, 2.24) is 35.4 Å². The van der Waals surface area contributed by atoms with Crippen molar-refractivity contribution >= 4 is 29.6 Å². The third kappa shape index (κ3) is 7.39. The van der Waals surface area contributed by atoms with Crippen molar-refractivity contribution in [3.05, 3.63) is 76.6 Å². The predicted octanol–water partition coefficient (Wildman–Crippen LogP) is 2.19. The van der Waals surface area contributed by atoms with Crippen molar-refractivity contribution in [3.8, 4) is 5.69 Å². The highest BCUT2D eigenvalue weighted by Gasteiger charge is 2.39. The summed E-state index contributed by atoms with van der Waals surface area (Å²) in [7, 11) is 0. The maximum absolute atomic E-state index is 12.9. The number of benzene rings is 2. The number of imide groups is 1. The molecule has 0 aliphatic carbocycles. The fraction of sp³-hybridized carbons (Fsp3) is 0.367. The van der Waals surface area contributed by atoms with Gasteiger partial charge in [0.05, 0.1) is 11.9 Å².